The van der Waals surface area contributed by atoms with Crippen molar-refractivity contribution in [1.29, 1.82) is 5.26 Å². The molecule has 0 radical (unpaired) electrons. The van der Waals surface area contributed by atoms with E-state index in [4.69, 9.17) is 11.6 Å². The average molecular weight is 404 g/mol. The van der Waals surface area contributed by atoms with Crippen LogP contribution in [0.1, 0.15) is 20.8 Å². The Hall–Kier alpha value is -2.30. The number of hydrogen-bond acceptors (Lipinski definition) is 5. The van der Waals surface area contributed by atoms with E-state index in [0.717, 1.165) is 5.56 Å². The van der Waals surface area contributed by atoms with Gasteiger partial charge in [0.1, 0.15) is 5.54 Å². The molecular weight excluding hydrogens is 382 g/mol. The number of thioether (sulfide) groups is 1. The molecule has 0 unspecified atom stereocenters. The molecule has 0 saturated heterocycles. The highest BCUT2D eigenvalue weighted by Gasteiger charge is 2.30. The average Bonchev–Trinajstić information content (AvgIpc) is 3.03. The minimum absolute atomic E-state index is 0.00243. The van der Waals surface area contributed by atoms with Gasteiger partial charge in [-0.25, -0.2) is 0 Å². The van der Waals surface area contributed by atoms with Crippen molar-refractivity contribution >= 4 is 29.3 Å². The van der Waals surface area contributed by atoms with Crippen molar-refractivity contribution in [3.8, 4) is 17.5 Å². The molecule has 2 rings (SSSR count). The lowest BCUT2D eigenvalue weighted by Crippen LogP contribution is -2.49. The molecule has 1 aromatic carbocycles. The van der Waals surface area contributed by atoms with E-state index < -0.39 is 5.54 Å². The number of carbonyl (C=O) groups is 1. The summed E-state index contributed by atoms with van der Waals surface area (Å²) in [5.41, 5.74) is -0.0251. The summed E-state index contributed by atoms with van der Waals surface area (Å²) in [4.78, 5) is 12.3. The van der Waals surface area contributed by atoms with E-state index in [1.54, 1.807) is 25.1 Å². The third-order valence-electron chi connectivity index (χ3n) is 4.25. The van der Waals surface area contributed by atoms with E-state index in [1.807, 2.05) is 30.5 Å². The van der Waals surface area contributed by atoms with Crippen LogP contribution >= 0.6 is 23.4 Å². The first-order valence-corrected chi connectivity index (χ1v) is 9.82. The normalized spacial score (nSPS) is 13.0. The predicted molar refractivity (Wildman–Crippen MR) is 108 cm³/mol. The Labute approximate surface area is 168 Å². The van der Waals surface area contributed by atoms with Gasteiger partial charge in [0, 0.05) is 17.1 Å². The minimum Gasteiger partial charge on any atom is -0.337 e. The van der Waals surface area contributed by atoms with Crippen LogP contribution in [0.5, 0.6) is 0 Å². The summed E-state index contributed by atoms with van der Waals surface area (Å²) >= 11 is 7.22. The maximum atomic E-state index is 12.3. The van der Waals surface area contributed by atoms with Gasteiger partial charge in [-0.05, 0) is 37.1 Å². The fourth-order valence-electron chi connectivity index (χ4n) is 2.26. The Morgan fingerprint density at radius 3 is 2.67 bits per heavy atom. The maximum Gasteiger partial charge on any atom is 0.231 e. The summed E-state index contributed by atoms with van der Waals surface area (Å²) < 4.78 is 1.89. The first kappa shape index (κ1) is 21.0. The molecule has 0 aliphatic carbocycles. The van der Waals surface area contributed by atoms with E-state index in [0.29, 0.717) is 22.5 Å². The molecule has 1 N–H and O–H groups in total. The van der Waals surface area contributed by atoms with Crippen LogP contribution in [0, 0.1) is 17.2 Å². The molecule has 1 amide bonds. The summed E-state index contributed by atoms with van der Waals surface area (Å²) in [6.45, 7) is 9.81. The number of nitrogens with one attached hydrogen (secondary N) is 1. The van der Waals surface area contributed by atoms with Crippen LogP contribution in [-0.4, -0.2) is 32.0 Å². The van der Waals surface area contributed by atoms with Crippen molar-refractivity contribution in [3.05, 3.63) is 41.9 Å². The van der Waals surface area contributed by atoms with Crippen LogP contribution in [-0.2, 0) is 11.3 Å². The molecule has 8 heteroatoms. The molecule has 0 aliphatic heterocycles. The zero-order chi connectivity index (χ0) is 20.0. The summed E-state index contributed by atoms with van der Waals surface area (Å²) in [7, 11) is 0. The van der Waals surface area contributed by atoms with Crippen LogP contribution in [0.25, 0.3) is 11.4 Å². The highest BCUT2D eigenvalue weighted by Crippen LogP contribution is 2.25. The van der Waals surface area contributed by atoms with Gasteiger partial charge in [-0.15, -0.1) is 16.8 Å². The molecule has 27 heavy (non-hydrogen) atoms. The smallest absolute Gasteiger partial charge is 0.231 e. The van der Waals surface area contributed by atoms with Crippen LogP contribution in [0.4, 0.5) is 0 Å². The molecule has 6 nitrogen and oxygen atoms in total. The Kier molecular flexibility index (Phi) is 7.05. The molecule has 0 bridgehead atoms. The largest absolute Gasteiger partial charge is 0.337 e. The zero-order valence-electron chi connectivity index (χ0n) is 15.6. The molecule has 1 aromatic heterocycles. The Balaban J connectivity index is 2.15. The predicted octanol–water partition coefficient (Wildman–Crippen LogP) is 3.93. The molecule has 1 heterocycles. The number of nitrogens with zero attached hydrogens (tertiary/aromatic N) is 4. The van der Waals surface area contributed by atoms with Crippen molar-refractivity contribution in [2.45, 2.75) is 38.0 Å². The number of carbonyl (C=O) groups excluding carboxylic acids is 1. The van der Waals surface area contributed by atoms with E-state index in [-0.39, 0.29) is 17.6 Å². The van der Waals surface area contributed by atoms with Gasteiger partial charge in [-0.2, -0.15) is 5.26 Å². The molecule has 0 spiro atoms. The molecular formula is C19H22ClN5OS. The fourth-order valence-corrected chi connectivity index (χ4v) is 3.13. The number of nitriles is 1. The van der Waals surface area contributed by atoms with E-state index in [2.05, 4.69) is 28.2 Å². The molecule has 0 aliphatic rings. The van der Waals surface area contributed by atoms with E-state index in [1.165, 1.54) is 11.8 Å². The topological polar surface area (TPSA) is 83.6 Å². The maximum absolute atomic E-state index is 12.3. The van der Waals surface area contributed by atoms with Crippen molar-refractivity contribution in [3.63, 3.8) is 0 Å². The second-order valence-corrected chi connectivity index (χ2v) is 7.90. The van der Waals surface area contributed by atoms with Gasteiger partial charge in [-0.3, -0.25) is 9.36 Å². The number of halogens is 1. The molecule has 0 fully saturated rings. The number of benzene rings is 1. The highest BCUT2D eigenvalue weighted by molar-refractivity contribution is 7.99. The lowest BCUT2D eigenvalue weighted by atomic mass is 9.90. The highest BCUT2D eigenvalue weighted by atomic mass is 35.5. The number of hydrogen-bond donors (Lipinski definition) is 1. The fraction of sp³-hybridized carbons (Fsp3) is 0.368. The number of aromatic nitrogens is 3. The Bertz CT molecular complexity index is 856. The Morgan fingerprint density at radius 2 is 2.11 bits per heavy atom. The minimum atomic E-state index is -0.902. The number of allylic oxidation sites excluding steroid dienone is 1. The van der Waals surface area contributed by atoms with Gasteiger partial charge >= 0.3 is 0 Å². The molecule has 0 saturated carbocycles. The summed E-state index contributed by atoms with van der Waals surface area (Å²) in [6.07, 6.45) is 1.75. The van der Waals surface area contributed by atoms with Crippen LogP contribution < -0.4 is 5.32 Å². The van der Waals surface area contributed by atoms with Crippen molar-refractivity contribution in [2.24, 2.45) is 5.92 Å². The third-order valence-corrected chi connectivity index (χ3v) is 5.47. The van der Waals surface area contributed by atoms with Gasteiger partial charge in [0.2, 0.25) is 5.91 Å². The van der Waals surface area contributed by atoms with Crippen molar-refractivity contribution in [2.75, 3.05) is 5.75 Å². The van der Waals surface area contributed by atoms with Crippen LogP contribution in [0.2, 0.25) is 5.02 Å². The summed E-state index contributed by atoms with van der Waals surface area (Å²) in [5.74, 6) is 0.592. The standard InChI is InChI=1S/C19H22ClN5OS/c1-5-10-25-17(14-6-8-15(20)9-7-14)23-24-18(25)27-11-16(26)22-19(4,12-21)13(2)3/h5-9,13H,1,10-11H2,2-4H3,(H,22,26)/t19-/m1/s1. The quantitative estimate of drug-likeness (QED) is 0.533. The number of rotatable bonds is 8. The van der Waals surface area contributed by atoms with Crippen LogP contribution in [0.3, 0.4) is 0 Å². The van der Waals surface area contributed by atoms with Crippen molar-refractivity contribution in [1.82, 2.24) is 20.1 Å². The lowest BCUT2D eigenvalue weighted by Gasteiger charge is -2.27. The first-order valence-electron chi connectivity index (χ1n) is 8.45. The monoisotopic (exact) mass is 403 g/mol. The third kappa shape index (κ3) is 5.12. The van der Waals surface area contributed by atoms with Crippen molar-refractivity contribution < 1.29 is 4.79 Å². The summed E-state index contributed by atoms with van der Waals surface area (Å²) in [6, 6.07) is 9.49. The van der Waals surface area contributed by atoms with Crippen LogP contribution in [0.15, 0.2) is 42.1 Å². The van der Waals surface area contributed by atoms with Gasteiger partial charge in [0.25, 0.3) is 0 Å². The first-order chi connectivity index (χ1) is 12.8. The SMILES string of the molecule is C=CCn1c(SCC(=O)N[C@](C)(C#N)C(C)C)nnc1-c1ccc(Cl)cc1. The zero-order valence-corrected chi connectivity index (χ0v) is 17.1. The second kappa shape index (κ2) is 9.07. The van der Waals surface area contributed by atoms with Gasteiger partial charge in [0.05, 0.1) is 11.8 Å². The molecule has 2 aromatic rings. The Morgan fingerprint density at radius 1 is 1.44 bits per heavy atom. The summed E-state index contributed by atoms with van der Waals surface area (Å²) in [5, 5.41) is 21.8. The van der Waals surface area contributed by atoms with Gasteiger partial charge < -0.3 is 5.32 Å². The van der Waals surface area contributed by atoms with Gasteiger partial charge in [0.15, 0.2) is 11.0 Å². The van der Waals surface area contributed by atoms with Gasteiger partial charge in [-0.1, -0.05) is 43.3 Å². The lowest BCUT2D eigenvalue weighted by molar-refractivity contribution is -0.120. The molecule has 142 valence electrons. The second-order valence-electron chi connectivity index (χ2n) is 6.52. The van der Waals surface area contributed by atoms with E-state index >= 15 is 0 Å². The van der Waals surface area contributed by atoms with E-state index in [9.17, 15) is 10.1 Å². The number of amides is 1. The molecule has 1 atom stereocenters.